The van der Waals surface area contributed by atoms with E-state index in [9.17, 15) is 15.0 Å². The molecule has 130 valence electrons. The molecule has 4 N–H and O–H groups in total. The van der Waals surface area contributed by atoms with Gasteiger partial charge >= 0.3 is 0 Å². The lowest BCUT2D eigenvalue weighted by molar-refractivity contribution is -0.0527. The van der Waals surface area contributed by atoms with Crippen molar-refractivity contribution in [1.29, 1.82) is 0 Å². The van der Waals surface area contributed by atoms with Gasteiger partial charge in [-0.15, -0.1) is 0 Å². The highest BCUT2D eigenvalue weighted by Crippen LogP contribution is 2.29. The van der Waals surface area contributed by atoms with Crippen molar-refractivity contribution in [3.63, 3.8) is 0 Å². The Hall–Kier alpha value is -2.86. The third-order valence-corrected chi connectivity index (χ3v) is 3.77. The van der Waals surface area contributed by atoms with Crippen LogP contribution < -0.4 is 5.73 Å². The second kappa shape index (κ2) is 7.36. The van der Waals surface area contributed by atoms with Gasteiger partial charge in [0.05, 0.1) is 6.33 Å². The molecule has 0 saturated carbocycles. The molecule has 2 aromatic rings. The molecule has 1 amide bonds. The van der Waals surface area contributed by atoms with Gasteiger partial charge in [-0.1, -0.05) is 18.2 Å². The normalized spacial score (nSPS) is 25.2. The molecule has 4 atom stereocenters. The number of carbonyl (C=O) groups is 1. The Balaban J connectivity index is 1.60. The molecule has 1 fully saturated rings. The number of carbonyl (C=O) groups excluding carboxylic acids is 1. The van der Waals surface area contributed by atoms with E-state index in [1.54, 1.807) is 0 Å². The fraction of sp³-hybridized carbons (Fsp3) is 0.294. The second-order valence-corrected chi connectivity index (χ2v) is 5.52. The highest BCUT2D eigenvalue weighted by molar-refractivity contribution is 5.90. The van der Waals surface area contributed by atoms with Gasteiger partial charge in [0.25, 0.3) is 5.91 Å². The molecule has 1 aromatic carbocycles. The predicted octanol–water partition coefficient (Wildman–Crippen LogP) is -0.373. The molecule has 0 unspecified atom stereocenters. The lowest BCUT2D eigenvalue weighted by Crippen LogP contribution is -2.33. The van der Waals surface area contributed by atoms with Gasteiger partial charge in [-0.3, -0.25) is 4.79 Å². The number of ether oxygens (including phenoxy) is 2. The molecule has 8 nitrogen and oxygen atoms in total. The van der Waals surface area contributed by atoms with Crippen molar-refractivity contribution in [2.75, 3.05) is 6.61 Å². The van der Waals surface area contributed by atoms with Crippen LogP contribution in [0.3, 0.4) is 0 Å². The number of benzene rings is 1. The van der Waals surface area contributed by atoms with E-state index in [0.717, 1.165) is 5.56 Å². The summed E-state index contributed by atoms with van der Waals surface area (Å²) in [5.74, 6) is 2.12. The van der Waals surface area contributed by atoms with Gasteiger partial charge in [-0.25, -0.2) is 4.98 Å². The summed E-state index contributed by atoms with van der Waals surface area (Å²) in [6, 6.07) is 9.29. The van der Waals surface area contributed by atoms with Gasteiger partial charge in [0.15, 0.2) is 6.23 Å². The number of hydrogen-bond donors (Lipinski definition) is 3. The average molecular weight is 343 g/mol. The maximum absolute atomic E-state index is 11.1. The maximum Gasteiger partial charge on any atom is 0.268 e. The molecule has 1 aliphatic heterocycles. The van der Waals surface area contributed by atoms with Crippen LogP contribution in [0.1, 0.15) is 22.3 Å². The minimum absolute atomic E-state index is 0.0219. The summed E-state index contributed by atoms with van der Waals surface area (Å²) in [5, 5.41) is 20.2. The summed E-state index contributed by atoms with van der Waals surface area (Å²) < 4.78 is 12.2. The summed E-state index contributed by atoms with van der Waals surface area (Å²) in [5.41, 5.74) is 5.98. The standard InChI is InChI=1S/C17H17N3O5/c18-16(23)12-8-20(10-19-12)17-15(22)14(21)13(25-17)9-24-7-6-11-4-2-1-3-5-11/h1-5,8,10,13-15,17,21-22H,9H2,(H2,18,23)/t13-,14-,15-,17-/m1/s1. The molecule has 0 aliphatic carbocycles. The predicted molar refractivity (Wildman–Crippen MR) is 85.9 cm³/mol. The Bertz CT molecular complexity index is 795. The van der Waals surface area contributed by atoms with E-state index in [1.165, 1.54) is 17.1 Å². The van der Waals surface area contributed by atoms with E-state index < -0.39 is 30.4 Å². The number of nitrogens with zero attached hydrogens (tertiary/aromatic N) is 2. The number of rotatable bonds is 4. The molecule has 0 bridgehead atoms. The Morgan fingerprint density at radius 2 is 2.08 bits per heavy atom. The third kappa shape index (κ3) is 3.80. The van der Waals surface area contributed by atoms with Crippen LogP contribution in [-0.4, -0.2) is 50.6 Å². The van der Waals surface area contributed by atoms with Crippen molar-refractivity contribution in [2.45, 2.75) is 24.5 Å². The first-order valence-electron chi connectivity index (χ1n) is 7.59. The smallest absolute Gasteiger partial charge is 0.268 e. The van der Waals surface area contributed by atoms with E-state index in [1.807, 2.05) is 30.3 Å². The Morgan fingerprint density at radius 1 is 1.32 bits per heavy atom. The van der Waals surface area contributed by atoms with Crippen molar-refractivity contribution in [2.24, 2.45) is 5.73 Å². The van der Waals surface area contributed by atoms with E-state index in [4.69, 9.17) is 15.2 Å². The molecule has 8 heteroatoms. The maximum atomic E-state index is 11.1. The molecule has 1 aromatic heterocycles. The first kappa shape index (κ1) is 17.0. The molecule has 1 aliphatic rings. The molecular formula is C17H17N3O5. The van der Waals surface area contributed by atoms with Gasteiger partial charge in [0.2, 0.25) is 0 Å². The first-order chi connectivity index (χ1) is 12.1. The van der Waals surface area contributed by atoms with Crippen LogP contribution in [0.2, 0.25) is 0 Å². The van der Waals surface area contributed by atoms with E-state index in [-0.39, 0.29) is 12.3 Å². The summed E-state index contributed by atoms with van der Waals surface area (Å²) >= 11 is 0. The molecule has 3 rings (SSSR count). The molecule has 25 heavy (non-hydrogen) atoms. The number of amides is 1. The fourth-order valence-electron chi connectivity index (χ4n) is 2.46. The highest BCUT2D eigenvalue weighted by atomic mass is 16.6. The van der Waals surface area contributed by atoms with Crippen molar-refractivity contribution in [3.8, 4) is 12.0 Å². The van der Waals surface area contributed by atoms with Gasteiger partial charge in [-0.2, -0.15) is 0 Å². The summed E-state index contributed by atoms with van der Waals surface area (Å²) in [6.07, 6.45) is 1.15. The lowest BCUT2D eigenvalue weighted by atomic mass is 10.1. The van der Waals surface area contributed by atoms with E-state index >= 15 is 0 Å². The molecule has 0 spiro atoms. The number of imidazole rings is 1. The summed E-state index contributed by atoms with van der Waals surface area (Å²) in [7, 11) is 0. The third-order valence-electron chi connectivity index (χ3n) is 3.77. The Labute approximate surface area is 143 Å². The van der Waals surface area contributed by atoms with Crippen molar-refractivity contribution in [1.82, 2.24) is 9.55 Å². The van der Waals surface area contributed by atoms with Crippen molar-refractivity contribution in [3.05, 3.63) is 54.1 Å². The monoisotopic (exact) mass is 343 g/mol. The number of aromatic nitrogens is 2. The van der Waals surface area contributed by atoms with Gasteiger partial charge in [-0.05, 0) is 18.1 Å². The number of nitrogens with two attached hydrogens (primary N) is 1. The summed E-state index contributed by atoms with van der Waals surface area (Å²) in [4.78, 5) is 14.9. The van der Waals surface area contributed by atoms with E-state index in [2.05, 4.69) is 17.0 Å². The first-order valence-corrected chi connectivity index (χ1v) is 7.59. The number of primary amides is 1. The van der Waals surface area contributed by atoms with Crippen LogP contribution in [-0.2, 0) is 9.47 Å². The van der Waals surface area contributed by atoms with Crippen LogP contribution >= 0.6 is 0 Å². The minimum Gasteiger partial charge on any atom is -0.443 e. The molecular weight excluding hydrogens is 326 g/mol. The zero-order valence-electron chi connectivity index (χ0n) is 13.1. The highest BCUT2D eigenvalue weighted by Gasteiger charge is 2.44. The van der Waals surface area contributed by atoms with Crippen LogP contribution in [0.25, 0.3) is 0 Å². The average Bonchev–Trinajstić information content (AvgIpc) is 3.20. The van der Waals surface area contributed by atoms with Crippen LogP contribution in [0.15, 0.2) is 42.9 Å². The largest absolute Gasteiger partial charge is 0.443 e. The second-order valence-electron chi connectivity index (χ2n) is 5.52. The Kier molecular flexibility index (Phi) is 5.00. The SMILES string of the molecule is NC(=O)c1cn([C@@H]2O[C@H](COC#Cc3ccccc3)[C@@H](O)[C@H]2O)cn1. The summed E-state index contributed by atoms with van der Waals surface area (Å²) in [6.45, 7) is -0.0219. The van der Waals surface area contributed by atoms with Gasteiger partial charge in [0.1, 0.15) is 36.7 Å². The molecule has 1 saturated heterocycles. The minimum atomic E-state index is -1.20. The van der Waals surface area contributed by atoms with Crippen LogP contribution in [0, 0.1) is 12.0 Å². The van der Waals surface area contributed by atoms with E-state index in [0.29, 0.717) is 0 Å². The fourth-order valence-corrected chi connectivity index (χ4v) is 2.46. The van der Waals surface area contributed by atoms with Gasteiger partial charge in [0, 0.05) is 11.8 Å². The molecule has 0 radical (unpaired) electrons. The Morgan fingerprint density at radius 3 is 2.76 bits per heavy atom. The van der Waals surface area contributed by atoms with Crippen LogP contribution in [0.4, 0.5) is 0 Å². The van der Waals surface area contributed by atoms with Gasteiger partial charge < -0.3 is 30.0 Å². The van der Waals surface area contributed by atoms with Crippen molar-refractivity contribution >= 4 is 5.91 Å². The lowest BCUT2D eigenvalue weighted by Gasteiger charge is -2.15. The number of hydrogen-bond acceptors (Lipinski definition) is 6. The number of aliphatic hydroxyl groups is 2. The zero-order chi connectivity index (χ0) is 17.8. The zero-order valence-corrected chi connectivity index (χ0v) is 13.1. The number of aliphatic hydroxyl groups excluding tert-OH is 2. The topological polar surface area (TPSA) is 120 Å². The van der Waals surface area contributed by atoms with Crippen molar-refractivity contribution < 1.29 is 24.5 Å². The molecule has 2 heterocycles. The van der Waals surface area contributed by atoms with Crippen LogP contribution in [0.5, 0.6) is 0 Å². The quantitative estimate of drug-likeness (QED) is 0.652.